The third-order valence-electron chi connectivity index (χ3n) is 3.59. The molecule has 3 nitrogen and oxygen atoms in total. The van der Waals surface area contributed by atoms with E-state index in [2.05, 4.69) is 30.5 Å². The van der Waals surface area contributed by atoms with Crippen molar-refractivity contribution in [3.8, 4) is 0 Å². The molecule has 3 N–H and O–H groups in total. The molecule has 0 atom stereocenters. The molecule has 2 aliphatic rings. The summed E-state index contributed by atoms with van der Waals surface area (Å²) in [4.78, 5) is 2.58. The van der Waals surface area contributed by atoms with Gasteiger partial charge in [0.25, 0.3) is 0 Å². The first-order valence-corrected chi connectivity index (χ1v) is 7.09. The largest absolute Gasteiger partial charge is 0.388 e. The molecule has 2 fully saturated rings. The van der Waals surface area contributed by atoms with Gasteiger partial charge in [0.15, 0.2) is 0 Å². The molecule has 1 saturated carbocycles. The van der Waals surface area contributed by atoms with Crippen molar-refractivity contribution in [3.05, 3.63) is 0 Å². The molecular weight excluding hydrogens is 218 g/mol. The summed E-state index contributed by atoms with van der Waals surface area (Å²) in [6, 6.07) is 0. The van der Waals surface area contributed by atoms with Crippen molar-refractivity contribution < 1.29 is 0 Å². The molecule has 1 aliphatic carbocycles. The molecule has 1 heterocycles. The van der Waals surface area contributed by atoms with Gasteiger partial charge in [-0.25, -0.2) is 0 Å². The first-order valence-electron chi connectivity index (χ1n) is 6.10. The van der Waals surface area contributed by atoms with Crippen LogP contribution in [-0.4, -0.2) is 40.9 Å². The first-order chi connectivity index (χ1) is 7.41. The van der Waals surface area contributed by atoms with Crippen LogP contribution in [0.1, 0.15) is 33.1 Å². The van der Waals surface area contributed by atoms with Gasteiger partial charge in [-0.2, -0.15) is 11.8 Å². The summed E-state index contributed by atoms with van der Waals surface area (Å²) < 4.78 is 0.393. The molecule has 16 heavy (non-hydrogen) atoms. The van der Waals surface area contributed by atoms with E-state index in [9.17, 15) is 0 Å². The summed E-state index contributed by atoms with van der Waals surface area (Å²) in [5.74, 6) is 1.60. The lowest BCUT2D eigenvalue weighted by Crippen LogP contribution is -2.45. The smallest absolute Gasteiger partial charge is 0.0911 e. The maximum absolute atomic E-state index is 7.44. The van der Waals surface area contributed by atoms with E-state index >= 15 is 0 Å². The highest BCUT2D eigenvalue weighted by Crippen LogP contribution is 2.49. The number of nitrogens with one attached hydrogen (secondary N) is 1. The number of nitrogens with zero attached hydrogens (tertiary/aromatic N) is 1. The summed E-state index contributed by atoms with van der Waals surface area (Å²) in [6.45, 7) is 8.18. The Kier molecular flexibility index (Phi) is 3.23. The summed E-state index contributed by atoms with van der Waals surface area (Å²) in [5.41, 5.74) is 5.90. The van der Waals surface area contributed by atoms with Crippen molar-refractivity contribution in [1.29, 1.82) is 5.41 Å². The van der Waals surface area contributed by atoms with Crippen LogP contribution in [0.3, 0.4) is 0 Å². The van der Waals surface area contributed by atoms with E-state index in [0.717, 1.165) is 13.0 Å². The van der Waals surface area contributed by atoms with E-state index in [1.54, 1.807) is 0 Å². The predicted octanol–water partition coefficient (Wildman–Crippen LogP) is 1.92. The SMILES string of the molecule is CC1(C)CN(CC2(CC(=N)N)CC2)CCS1. The minimum absolute atomic E-state index is 0.364. The van der Waals surface area contributed by atoms with E-state index in [4.69, 9.17) is 11.1 Å². The maximum Gasteiger partial charge on any atom is 0.0911 e. The Morgan fingerprint density at radius 3 is 2.62 bits per heavy atom. The van der Waals surface area contributed by atoms with Crippen LogP contribution in [0, 0.1) is 10.8 Å². The van der Waals surface area contributed by atoms with Crippen LogP contribution in [0.25, 0.3) is 0 Å². The monoisotopic (exact) mass is 241 g/mol. The van der Waals surface area contributed by atoms with E-state index in [-0.39, 0.29) is 0 Å². The zero-order valence-electron chi connectivity index (χ0n) is 10.4. The standard InChI is InChI=1S/C12H23N3S/c1-11(2)8-15(5-6-16-11)9-12(3-4-12)7-10(13)14/h3-9H2,1-2H3,(H3,13,14). The Balaban J connectivity index is 1.87. The van der Waals surface area contributed by atoms with Crippen LogP contribution in [0.2, 0.25) is 0 Å². The van der Waals surface area contributed by atoms with Gasteiger partial charge in [0.05, 0.1) is 5.84 Å². The minimum atomic E-state index is 0.364. The van der Waals surface area contributed by atoms with Gasteiger partial charge in [0, 0.05) is 36.6 Å². The van der Waals surface area contributed by atoms with Crippen molar-refractivity contribution in [2.45, 2.75) is 37.9 Å². The topological polar surface area (TPSA) is 53.1 Å². The lowest BCUT2D eigenvalue weighted by atomic mass is 10.0. The number of thioether (sulfide) groups is 1. The number of hydrogen-bond acceptors (Lipinski definition) is 3. The van der Waals surface area contributed by atoms with Crippen LogP contribution >= 0.6 is 11.8 Å². The highest BCUT2D eigenvalue weighted by atomic mass is 32.2. The molecule has 0 radical (unpaired) electrons. The summed E-state index contributed by atoms with van der Waals surface area (Å²) in [5, 5.41) is 7.44. The molecule has 1 aliphatic heterocycles. The lowest BCUT2D eigenvalue weighted by molar-refractivity contribution is 0.212. The third kappa shape index (κ3) is 3.14. The average molecular weight is 241 g/mol. The number of hydrogen-bond donors (Lipinski definition) is 2. The Bertz CT molecular complexity index is 284. The van der Waals surface area contributed by atoms with Crippen LogP contribution in [0.5, 0.6) is 0 Å². The van der Waals surface area contributed by atoms with Gasteiger partial charge < -0.3 is 10.6 Å². The van der Waals surface area contributed by atoms with E-state index in [1.807, 2.05) is 0 Å². The van der Waals surface area contributed by atoms with E-state index in [0.29, 0.717) is 16.0 Å². The quantitative estimate of drug-likeness (QED) is 0.584. The van der Waals surface area contributed by atoms with Crippen molar-refractivity contribution >= 4 is 17.6 Å². The molecule has 0 aromatic carbocycles. The minimum Gasteiger partial charge on any atom is -0.388 e. The fourth-order valence-electron chi connectivity index (χ4n) is 2.70. The summed E-state index contributed by atoms with van der Waals surface area (Å²) in [6.07, 6.45) is 3.32. The molecule has 0 bridgehead atoms. The van der Waals surface area contributed by atoms with Gasteiger partial charge in [0.1, 0.15) is 0 Å². The van der Waals surface area contributed by atoms with E-state index in [1.165, 1.54) is 31.7 Å². The van der Waals surface area contributed by atoms with Crippen LogP contribution in [0.15, 0.2) is 0 Å². The highest BCUT2D eigenvalue weighted by Gasteiger charge is 2.45. The molecule has 0 aromatic heterocycles. The second-order valence-electron chi connectivity index (χ2n) is 6.02. The van der Waals surface area contributed by atoms with Crippen molar-refractivity contribution in [2.24, 2.45) is 11.1 Å². The van der Waals surface area contributed by atoms with Crippen molar-refractivity contribution in [1.82, 2.24) is 4.90 Å². The number of rotatable bonds is 4. The van der Waals surface area contributed by atoms with Gasteiger partial charge in [0.2, 0.25) is 0 Å². The summed E-state index contributed by atoms with van der Waals surface area (Å²) in [7, 11) is 0. The second-order valence-corrected chi connectivity index (χ2v) is 7.82. The number of amidine groups is 1. The van der Waals surface area contributed by atoms with Crippen molar-refractivity contribution in [2.75, 3.05) is 25.4 Å². The Labute approximate surface area is 103 Å². The van der Waals surface area contributed by atoms with Crippen LogP contribution in [-0.2, 0) is 0 Å². The molecule has 2 rings (SSSR count). The fourth-order valence-corrected chi connectivity index (χ4v) is 3.87. The maximum atomic E-state index is 7.44. The average Bonchev–Trinajstić information content (AvgIpc) is 2.81. The van der Waals surface area contributed by atoms with E-state index < -0.39 is 0 Å². The molecular formula is C12H23N3S. The molecule has 4 heteroatoms. The van der Waals surface area contributed by atoms with Gasteiger partial charge in [-0.05, 0) is 32.1 Å². The molecule has 0 spiro atoms. The fraction of sp³-hybridized carbons (Fsp3) is 0.917. The highest BCUT2D eigenvalue weighted by molar-refractivity contribution is 8.00. The Hall–Kier alpha value is -0.220. The van der Waals surface area contributed by atoms with Gasteiger partial charge in [-0.1, -0.05) is 0 Å². The molecule has 92 valence electrons. The normalized spacial score (nSPS) is 27.6. The number of nitrogens with two attached hydrogens (primary N) is 1. The molecule has 0 unspecified atom stereocenters. The molecule has 1 saturated heterocycles. The Morgan fingerprint density at radius 1 is 1.44 bits per heavy atom. The van der Waals surface area contributed by atoms with Crippen LogP contribution < -0.4 is 5.73 Å². The molecule has 0 amide bonds. The van der Waals surface area contributed by atoms with Crippen molar-refractivity contribution in [3.63, 3.8) is 0 Å². The van der Waals surface area contributed by atoms with Gasteiger partial charge in [-0.15, -0.1) is 0 Å². The lowest BCUT2D eigenvalue weighted by Gasteiger charge is -2.39. The van der Waals surface area contributed by atoms with Crippen LogP contribution in [0.4, 0.5) is 0 Å². The van der Waals surface area contributed by atoms with Gasteiger partial charge in [-0.3, -0.25) is 5.41 Å². The third-order valence-corrected chi connectivity index (χ3v) is 4.88. The zero-order valence-corrected chi connectivity index (χ0v) is 11.2. The molecule has 0 aromatic rings. The second kappa shape index (κ2) is 4.22. The summed E-state index contributed by atoms with van der Waals surface area (Å²) >= 11 is 2.08. The first kappa shape index (κ1) is 12.2. The Morgan fingerprint density at radius 2 is 2.12 bits per heavy atom. The predicted molar refractivity (Wildman–Crippen MR) is 71.2 cm³/mol. The zero-order chi connectivity index (χ0) is 11.8. The van der Waals surface area contributed by atoms with Gasteiger partial charge >= 0.3 is 0 Å².